The van der Waals surface area contributed by atoms with Crippen molar-refractivity contribution in [2.75, 3.05) is 0 Å². The molecule has 4 heteroatoms. The van der Waals surface area contributed by atoms with Crippen LogP contribution in [0.1, 0.15) is 25.0 Å². The minimum Gasteiger partial charge on any atom is -0.508 e. The summed E-state index contributed by atoms with van der Waals surface area (Å²) in [4.78, 5) is 5.31. The van der Waals surface area contributed by atoms with E-state index in [1.165, 1.54) is 5.56 Å². The van der Waals surface area contributed by atoms with Gasteiger partial charge in [0.15, 0.2) is 5.75 Å². The van der Waals surface area contributed by atoms with Crippen molar-refractivity contribution in [1.82, 2.24) is 0 Å². The molecular weight excluding hydrogens is 292 g/mol. The number of benzene rings is 2. The number of rotatable bonds is 6. The predicted octanol–water partition coefficient (Wildman–Crippen LogP) is 4.11. The Morgan fingerprint density at radius 1 is 1.00 bits per heavy atom. The lowest BCUT2D eigenvalue weighted by atomic mass is 9.78. The zero-order valence-corrected chi connectivity index (χ0v) is 14.4. The maximum Gasteiger partial charge on any atom is 0.259 e. The Balaban J connectivity index is 2.14. The highest BCUT2D eigenvalue weighted by Gasteiger charge is 2.23. The highest BCUT2D eigenvalue weighted by molar-refractivity contribution is 6.55. The minimum absolute atomic E-state index is 0.157. The first-order chi connectivity index (χ1) is 10.4. The fourth-order valence-corrected chi connectivity index (χ4v) is 2.48. The molecule has 2 aromatic rings. The molecule has 2 aromatic carbocycles. The topological polar surface area (TPSA) is 38.7 Å². The molecule has 1 atom stereocenters. The van der Waals surface area contributed by atoms with E-state index in [9.17, 15) is 5.11 Å². The van der Waals surface area contributed by atoms with Gasteiger partial charge in [0.25, 0.3) is 9.04 Å². The van der Waals surface area contributed by atoms with Gasteiger partial charge in [-0.3, -0.25) is 0 Å². The van der Waals surface area contributed by atoms with E-state index in [-0.39, 0.29) is 11.2 Å². The number of phenolic OH excluding ortho intramolecular Hbond substituents is 1. The molecule has 3 nitrogen and oxygen atoms in total. The summed E-state index contributed by atoms with van der Waals surface area (Å²) in [5.74, 6) is 0.965. The first kappa shape index (κ1) is 16.3. The van der Waals surface area contributed by atoms with Crippen molar-refractivity contribution < 1.29 is 14.6 Å². The van der Waals surface area contributed by atoms with Gasteiger partial charge in [-0.1, -0.05) is 43.8 Å². The highest BCUT2D eigenvalue weighted by atomic mass is 28.3. The molecule has 0 aliphatic rings. The third-order valence-electron chi connectivity index (χ3n) is 3.79. The molecule has 0 aliphatic heterocycles. The van der Waals surface area contributed by atoms with Crippen LogP contribution in [-0.4, -0.2) is 14.1 Å². The fraction of sp³-hybridized carbons (Fsp3) is 0.222. The summed E-state index contributed by atoms with van der Waals surface area (Å²) in [7, 11) is -1.43. The molecule has 0 saturated heterocycles. The Labute approximate surface area is 133 Å². The van der Waals surface area contributed by atoms with Crippen LogP contribution in [0.2, 0.25) is 6.55 Å². The van der Waals surface area contributed by atoms with E-state index in [1.54, 1.807) is 12.1 Å². The van der Waals surface area contributed by atoms with Gasteiger partial charge in [0.2, 0.25) is 0 Å². The van der Waals surface area contributed by atoms with Gasteiger partial charge < -0.3 is 9.99 Å². The quantitative estimate of drug-likeness (QED) is 0.495. The normalized spacial score (nSPS) is 12.7. The molecule has 0 fully saturated rings. The smallest absolute Gasteiger partial charge is 0.259 e. The summed E-state index contributed by atoms with van der Waals surface area (Å²) in [5.41, 5.74) is 3.96. The lowest BCUT2D eigenvalue weighted by Crippen LogP contribution is -2.18. The average molecular weight is 314 g/mol. The zero-order valence-electron chi connectivity index (χ0n) is 13.2. The first-order valence-electron chi connectivity index (χ1n) is 7.29. The maximum atomic E-state index is 9.42. The Morgan fingerprint density at radius 2 is 1.50 bits per heavy atom. The van der Waals surface area contributed by atoms with Crippen LogP contribution in [-0.2, 0) is 9.99 Å². The largest absolute Gasteiger partial charge is 0.508 e. The predicted molar refractivity (Wildman–Crippen MR) is 91.6 cm³/mol. The van der Waals surface area contributed by atoms with E-state index < -0.39 is 9.04 Å². The van der Waals surface area contributed by atoms with Crippen molar-refractivity contribution >= 4 is 9.04 Å². The van der Waals surface area contributed by atoms with Gasteiger partial charge in [-0.2, -0.15) is 0 Å². The van der Waals surface area contributed by atoms with E-state index >= 15 is 0 Å². The Morgan fingerprint density at radius 3 is 2.00 bits per heavy atom. The van der Waals surface area contributed by atoms with Crippen LogP contribution >= 0.6 is 0 Å². The van der Waals surface area contributed by atoms with Crippen LogP contribution in [0.15, 0.2) is 60.8 Å². The van der Waals surface area contributed by atoms with Crippen LogP contribution in [0.5, 0.6) is 11.5 Å². The molecule has 1 unspecified atom stereocenters. The van der Waals surface area contributed by atoms with E-state index in [2.05, 4.69) is 20.4 Å². The maximum absolute atomic E-state index is 9.42. The van der Waals surface area contributed by atoms with E-state index in [4.69, 9.17) is 9.46 Å². The Kier molecular flexibility index (Phi) is 5.06. The number of hydrogen-bond donors (Lipinski definition) is 1. The van der Waals surface area contributed by atoms with Crippen molar-refractivity contribution in [1.29, 1.82) is 0 Å². The molecule has 0 saturated carbocycles. The summed E-state index contributed by atoms with van der Waals surface area (Å²) in [6.45, 7) is 10.00. The molecule has 1 N–H and O–H groups in total. The van der Waals surface area contributed by atoms with Crippen molar-refractivity contribution in [2.45, 2.75) is 25.8 Å². The van der Waals surface area contributed by atoms with Crippen LogP contribution < -0.4 is 4.89 Å². The molecular formula is C18H22O3Si. The summed E-state index contributed by atoms with van der Waals surface area (Å²) in [6.07, 6.45) is 0. The van der Waals surface area contributed by atoms with Crippen molar-refractivity contribution in [3.63, 3.8) is 0 Å². The van der Waals surface area contributed by atoms with Crippen LogP contribution in [0, 0.1) is 0 Å². The lowest BCUT2D eigenvalue weighted by Gasteiger charge is -2.26. The third kappa shape index (κ3) is 3.78. The van der Waals surface area contributed by atoms with Crippen molar-refractivity contribution in [3.8, 4) is 11.5 Å². The Bertz CT molecular complexity index is 618. The summed E-state index contributed by atoms with van der Waals surface area (Å²) >= 11 is 0. The molecule has 0 radical (unpaired) electrons. The number of phenols is 1. The van der Waals surface area contributed by atoms with E-state index in [0.717, 1.165) is 5.56 Å². The molecule has 0 heterocycles. The van der Waals surface area contributed by atoms with Gasteiger partial charge in [-0.05, 0) is 41.9 Å². The molecule has 0 aliphatic carbocycles. The second-order valence-corrected chi connectivity index (χ2v) is 7.89. The average Bonchev–Trinajstić information content (AvgIpc) is 2.53. The molecule has 0 amide bonds. The summed E-state index contributed by atoms with van der Waals surface area (Å²) < 4.78 is 5.29. The molecule has 2 rings (SSSR count). The van der Waals surface area contributed by atoms with Crippen LogP contribution in [0.3, 0.4) is 0 Å². The van der Waals surface area contributed by atoms with Crippen LogP contribution in [0.4, 0.5) is 0 Å². The Hall–Kier alpha value is -2.04. The van der Waals surface area contributed by atoms with Gasteiger partial charge in [-0.25, -0.2) is 4.58 Å². The molecule has 116 valence electrons. The molecule has 0 spiro atoms. The summed E-state index contributed by atoms with van der Waals surface area (Å²) in [5, 5.41) is 9.42. The van der Waals surface area contributed by atoms with Crippen LogP contribution in [0.25, 0.3) is 0 Å². The SMILES string of the molecule is C=C[SiH](C)OOc1ccc(C(C)(C)c2ccc(O)cc2)cc1. The minimum atomic E-state index is -1.43. The number of hydrogen-bond acceptors (Lipinski definition) is 3. The van der Waals surface area contributed by atoms with E-state index in [0.29, 0.717) is 5.75 Å². The highest BCUT2D eigenvalue weighted by Crippen LogP contribution is 2.33. The zero-order chi connectivity index (χ0) is 16.2. The standard InChI is InChI=1S/C18H22O3Si/c1-5-22(4)21-20-17-12-8-15(9-13-17)18(2,3)14-6-10-16(19)11-7-14/h5-13,19,22H,1H2,2-4H3. The lowest BCUT2D eigenvalue weighted by molar-refractivity contribution is -0.103. The molecule has 22 heavy (non-hydrogen) atoms. The van der Waals surface area contributed by atoms with Gasteiger partial charge in [0, 0.05) is 5.41 Å². The van der Waals surface area contributed by atoms with Gasteiger partial charge in [0.1, 0.15) is 5.75 Å². The fourth-order valence-electron chi connectivity index (χ4n) is 2.14. The second kappa shape index (κ2) is 6.81. The molecule has 0 aromatic heterocycles. The number of aromatic hydroxyl groups is 1. The van der Waals surface area contributed by atoms with E-state index in [1.807, 2.05) is 48.6 Å². The van der Waals surface area contributed by atoms with Crippen molar-refractivity contribution in [2.24, 2.45) is 0 Å². The van der Waals surface area contributed by atoms with Gasteiger partial charge >= 0.3 is 0 Å². The summed E-state index contributed by atoms with van der Waals surface area (Å²) in [6, 6.07) is 15.2. The van der Waals surface area contributed by atoms with Gasteiger partial charge in [-0.15, -0.1) is 6.58 Å². The third-order valence-corrected chi connectivity index (χ3v) is 4.86. The van der Waals surface area contributed by atoms with Crippen molar-refractivity contribution in [3.05, 3.63) is 71.9 Å². The molecule has 0 bridgehead atoms. The first-order valence-corrected chi connectivity index (χ1v) is 9.58. The monoisotopic (exact) mass is 314 g/mol. The van der Waals surface area contributed by atoms with Gasteiger partial charge in [0.05, 0.1) is 0 Å². The second-order valence-electron chi connectivity index (χ2n) is 5.82.